The van der Waals surface area contributed by atoms with Gasteiger partial charge in [0.25, 0.3) is 7.82 Å². The first kappa shape index (κ1) is 57.7. The van der Waals surface area contributed by atoms with E-state index < -0.39 is 19.8 Å². The number of methoxy groups -OCH3 is 1. The van der Waals surface area contributed by atoms with Crippen LogP contribution in [-0.4, -0.2) is 115 Å². The van der Waals surface area contributed by atoms with Crippen LogP contribution in [0.5, 0.6) is 5.75 Å². The Balaban J connectivity index is 1.75. The third-order valence-corrected chi connectivity index (χ3v) is 11.5. The molecule has 0 saturated heterocycles. The van der Waals surface area contributed by atoms with Crippen LogP contribution in [0.3, 0.4) is 0 Å². The summed E-state index contributed by atoms with van der Waals surface area (Å²) in [4.78, 5) is 38.6. The Morgan fingerprint density at radius 3 is 2.05 bits per heavy atom. The van der Waals surface area contributed by atoms with Crippen molar-refractivity contribution in [2.75, 3.05) is 88.0 Å². The van der Waals surface area contributed by atoms with Crippen LogP contribution in [0.15, 0.2) is 18.2 Å². The molecule has 0 aliphatic heterocycles. The first-order chi connectivity index (χ1) is 31.3. The molecular weight excluding hydrogens is 873 g/mol. The molecule has 0 aliphatic carbocycles. The average molecular weight is 949 g/mol. The van der Waals surface area contributed by atoms with Gasteiger partial charge < -0.3 is 47.4 Å². The number of phosphoric acid groups is 1. The van der Waals surface area contributed by atoms with E-state index in [0.29, 0.717) is 58.5 Å². The first-order valence-corrected chi connectivity index (χ1v) is 25.0. The SMILES string of the molecule is CCCCCCCCCCCCCCCCCOCOCC(COP(=O)([O-])OCC[N+](C)(C)C)OCOCCCNC(=O)Cc1c(C)n(C(=O)C#CC#CC#CCl)c2ccc(OC)cc12. The molecule has 0 fully saturated rings. The van der Waals surface area contributed by atoms with Crippen molar-refractivity contribution < 1.29 is 56.3 Å². The number of phosphoric ester groups is 1. The molecule has 1 amide bonds. The Bertz CT molecular complexity index is 1920. The number of aromatic nitrogens is 1. The van der Waals surface area contributed by atoms with Crippen molar-refractivity contribution in [3.63, 3.8) is 0 Å². The third-order valence-electron chi connectivity index (χ3n) is 10.5. The Morgan fingerprint density at radius 2 is 1.42 bits per heavy atom. The molecule has 364 valence electrons. The number of hydrogen-bond donors (Lipinski definition) is 1. The molecule has 14 nitrogen and oxygen atoms in total. The number of hydrogen-bond acceptors (Lipinski definition) is 11. The van der Waals surface area contributed by atoms with Crippen LogP contribution < -0.4 is 14.9 Å². The highest BCUT2D eigenvalue weighted by molar-refractivity contribution is 7.45. The molecule has 0 radical (unpaired) electrons. The van der Waals surface area contributed by atoms with Gasteiger partial charge in [0, 0.05) is 47.4 Å². The normalized spacial score (nSPS) is 12.6. The minimum absolute atomic E-state index is 0.00574. The van der Waals surface area contributed by atoms with Crippen LogP contribution >= 0.6 is 19.4 Å². The van der Waals surface area contributed by atoms with Crippen molar-refractivity contribution in [3.8, 4) is 40.7 Å². The third kappa shape index (κ3) is 27.1. The number of carbonyl (C=O) groups is 2. The fourth-order valence-corrected chi connectivity index (χ4v) is 7.56. The number of rotatable bonds is 37. The van der Waals surface area contributed by atoms with E-state index in [1.165, 1.54) is 88.0 Å². The van der Waals surface area contributed by atoms with Gasteiger partial charge in [0.15, 0.2) is 0 Å². The van der Waals surface area contributed by atoms with Crippen LogP contribution in [-0.2, 0) is 43.8 Å². The van der Waals surface area contributed by atoms with Gasteiger partial charge in [-0.15, -0.1) is 0 Å². The molecular formula is C49H75ClN3O11P. The Kier molecular flexibility index (Phi) is 30.9. The molecule has 1 N–H and O–H groups in total. The molecule has 16 heteroatoms. The van der Waals surface area contributed by atoms with Crippen molar-refractivity contribution >= 4 is 42.1 Å². The molecule has 1 aromatic heterocycles. The maximum absolute atomic E-state index is 13.1. The number of benzene rings is 1. The van der Waals surface area contributed by atoms with Crippen LogP contribution in [0.2, 0.25) is 0 Å². The van der Waals surface area contributed by atoms with Crippen LogP contribution in [0.1, 0.15) is 126 Å². The summed E-state index contributed by atoms with van der Waals surface area (Å²) in [5.41, 5.74) is 1.80. The van der Waals surface area contributed by atoms with E-state index in [-0.39, 0.29) is 52.3 Å². The number of fused-ring (bicyclic) bond motifs is 1. The number of halogens is 1. The highest BCUT2D eigenvalue weighted by Gasteiger charge is 2.21. The molecule has 0 aliphatic rings. The fraction of sp³-hybridized carbons (Fsp3) is 0.673. The smallest absolute Gasteiger partial charge is 0.308 e. The lowest BCUT2D eigenvalue weighted by Crippen LogP contribution is -2.37. The van der Waals surface area contributed by atoms with Crippen molar-refractivity contribution in [3.05, 3.63) is 29.5 Å². The molecule has 2 aromatic rings. The van der Waals surface area contributed by atoms with Gasteiger partial charge in [-0.1, -0.05) is 96.8 Å². The quantitative estimate of drug-likeness (QED) is 0.0229. The predicted octanol–water partition coefficient (Wildman–Crippen LogP) is 8.28. The van der Waals surface area contributed by atoms with Crippen LogP contribution in [0.25, 0.3) is 10.9 Å². The summed E-state index contributed by atoms with van der Waals surface area (Å²) in [6.45, 7) is 5.14. The molecule has 0 spiro atoms. The standard InChI is InChI=1S/C49H75ClN3O11P/c1-7-8-9-10-11-12-13-14-15-16-17-18-19-22-25-33-59-40-61-38-44(39-64-65(56,57)63-35-32-53(3,4)5)62-41-60-34-26-31-51-48(54)37-45-42(2)52(49(55)27-23-20-21-24-30-50)47-29-28-43(58-6)36-46(45)47/h28-29,36,44H,7-19,22,25-26,31-35,37-41H2,1-6H3,(H-,51,54,56,57). The number of nitrogens with one attached hydrogen (secondary N) is 1. The molecule has 2 rings (SSSR count). The van der Waals surface area contributed by atoms with Crippen molar-refractivity contribution in [1.29, 1.82) is 0 Å². The second-order valence-electron chi connectivity index (χ2n) is 16.9. The highest BCUT2D eigenvalue weighted by Crippen LogP contribution is 2.38. The van der Waals surface area contributed by atoms with Crippen molar-refractivity contribution in [1.82, 2.24) is 9.88 Å². The summed E-state index contributed by atoms with van der Waals surface area (Å²) in [6, 6.07) is 5.25. The molecule has 1 aromatic carbocycles. The Hall–Kier alpha value is -3.42. The lowest BCUT2D eigenvalue weighted by atomic mass is 10.0. The minimum Gasteiger partial charge on any atom is -0.756 e. The highest BCUT2D eigenvalue weighted by atomic mass is 35.5. The van der Waals surface area contributed by atoms with Gasteiger partial charge >= 0.3 is 5.91 Å². The molecule has 65 heavy (non-hydrogen) atoms. The van der Waals surface area contributed by atoms with E-state index in [2.05, 4.69) is 47.2 Å². The zero-order valence-electron chi connectivity index (χ0n) is 39.9. The van der Waals surface area contributed by atoms with Gasteiger partial charge in [-0.05, 0) is 67.0 Å². The summed E-state index contributed by atoms with van der Waals surface area (Å²) in [5.74, 6) is 12.0. The summed E-state index contributed by atoms with van der Waals surface area (Å²) in [5, 5.41) is 5.70. The molecule has 0 bridgehead atoms. The number of unbranched alkanes of at least 4 members (excludes halogenated alkanes) is 14. The van der Waals surface area contributed by atoms with Gasteiger partial charge in [-0.25, -0.2) is 0 Å². The summed E-state index contributed by atoms with van der Waals surface area (Å²) < 4.78 is 52.7. The van der Waals surface area contributed by atoms with E-state index in [1.807, 2.05) is 21.1 Å². The topological polar surface area (TPSA) is 156 Å². The predicted molar refractivity (Wildman–Crippen MR) is 254 cm³/mol. The fourth-order valence-electron chi connectivity index (χ4n) is 6.78. The number of likely N-dealkylation sites (N-methyl/N-ethyl adjacent to an activating group) is 1. The van der Waals surface area contributed by atoms with Gasteiger partial charge in [-0.2, -0.15) is 0 Å². The van der Waals surface area contributed by atoms with Gasteiger partial charge in [-0.3, -0.25) is 18.7 Å². The van der Waals surface area contributed by atoms with E-state index in [9.17, 15) is 19.0 Å². The number of amides is 1. The molecule has 2 atom stereocenters. The lowest BCUT2D eigenvalue weighted by Gasteiger charge is -2.28. The first-order valence-electron chi connectivity index (χ1n) is 23.2. The maximum atomic E-state index is 13.1. The number of nitrogens with zero attached hydrogens (tertiary/aromatic N) is 2. The second-order valence-corrected chi connectivity index (χ2v) is 18.5. The second kappa shape index (κ2) is 34.8. The Morgan fingerprint density at radius 1 is 0.800 bits per heavy atom. The zero-order valence-corrected chi connectivity index (χ0v) is 41.6. The molecule has 2 unspecified atom stereocenters. The molecule has 0 saturated carbocycles. The largest absolute Gasteiger partial charge is 0.756 e. The average Bonchev–Trinajstić information content (AvgIpc) is 3.54. The lowest BCUT2D eigenvalue weighted by molar-refractivity contribution is -0.870. The van der Waals surface area contributed by atoms with Crippen LogP contribution in [0, 0.1) is 41.9 Å². The number of ether oxygens (including phenoxy) is 5. The van der Waals surface area contributed by atoms with E-state index in [4.69, 9.17) is 44.3 Å². The van der Waals surface area contributed by atoms with E-state index in [1.54, 1.807) is 32.2 Å². The Labute approximate surface area is 394 Å². The minimum atomic E-state index is -4.58. The zero-order chi connectivity index (χ0) is 47.6. The summed E-state index contributed by atoms with van der Waals surface area (Å²) in [7, 11) is 2.75. The van der Waals surface area contributed by atoms with E-state index in [0.717, 1.165) is 12.8 Å². The number of carbonyl (C=O) groups excluding carboxylic acids is 2. The van der Waals surface area contributed by atoms with Gasteiger partial charge in [0.2, 0.25) is 5.91 Å². The summed E-state index contributed by atoms with van der Waals surface area (Å²) in [6.07, 6.45) is 19.1. The van der Waals surface area contributed by atoms with E-state index >= 15 is 0 Å². The van der Waals surface area contributed by atoms with Gasteiger partial charge in [0.1, 0.15) is 38.6 Å². The maximum Gasteiger partial charge on any atom is 0.308 e. The monoisotopic (exact) mass is 947 g/mol. The van der Waals surface area contributed by atoms with Crippen molar-refractivity contribution in [2.45, 2.75) is 129 Å². The molecule has 1 heterocycles. The number of quaternary nitrogens is 1. The summed E-state index contributed by atoms with van der Waals surface area (Å²) >= 11 is 5.29. The van der Waals surface area contributed by atoms with Crippen molar-refractivity contribution in [2.24, 2.45) is 0 Å². The van der Waals surface area contributed by atoms with Gasteiger partial charge in [0.05, 0.1) is 60.0 Å². The van der Waals surface area contributed by atoms with Crippen LogP contribution in [0.4, 0.5) is 0 Å².